The van der Waals surface area contributed by atoms with Gasteiger partial charge in [0.05, 0.1) is 90.9 Å². The number of benzene rings is 7. The summed E-state index contributed by atoms with van der Waals surface area (Å²) in [4.78, 5) is 19.3. The lowest BCUT2D eigenvalue weighted by molar-refractivity contribution is -0.380. The van der Waals surface area contributed by atoms with Crippen LogP contribution in [0.4, 0.5) is 4.79 Å². The summed E-state index contributed by atoms with van der Waals surface area (Å²) >= 11 is 0. The Bertz CT molecular complexity index is 3010. The number of methoxy groups -OCH3 is 1. The summed E-state index contributed by atoms with van der Waals surface area (Å²) in [5.41, 5.74) is 6.76. The minimum Gasteiger partial charge on any atom is -0.451 e. The molecule has 11 rings (SSSR count). The molecule has 3 saturated heterocycles. The second-order valence-corrected chi connectivity index (χ2v) is 21.7. The van der Waals surface area contributed by atoms with Crippen LogP contribution in [0.15, 0.2) is 212 Å². The number of hydrogen-bond acceptors (Lipinski definition) is 14. The fraction of sp³-hybridized carbons (Fsp3) is 0.377. The van der Waals surface area contributed by atoms with Gasteiger partial charge in [0.25, 0.3) is 0 Å². The van der Waals surface area contributed by atoms with Crippen molar-refractivity contribution in [1.29, 1.82) is 0 Å². The molecule has 84 heavy (non-hydrogen) atoms. The van der Waals surface area contributed by atoms with Gasteiger partial charge in [-0.3, -0.25) is 4.84 Å². The number of hydroxylamine groups is 2. The van der Waals surface area contributed by atoms with Crippen molar-refractivity contribution in [2.45, 2.75) is 139 Å². The van der Waals surface area contributed by atoms with E-state index in [1.807, 2.05) is 219 Å². The molecule has 1 saturated carbocycles. The smallest absolute Gasteiger partial charge is 0.433 e. The van der Waals surface area contributed by atoms with Gasteiger partial charge in [-0.25, -0.2) is 4.79 Å². The highest BCUT2D eigenvalue weighted by molar-refractivity contribution is 5.67. The van der Waals surface area contributed by atoms with Crippen molar-refractivity contribution in [2.24, 2.45) is 5.92 Å². The Morgan fingerprint density at radius 3 is 1.21 bits per heavy atom. The monoisotopic (exact) mass is 1140 g/mol. The molecule has 1 amide bonds. The molecule has 0 radical (unpaired) electrons. The van der Waals surface area contributed by atoms with Crippen molar-refractivity contribution in [1.82, 2.24) is 5.06 Å². The lowest BCUT2D eigenvalue weighted by atomic mass is 9.95. The topological polar surface area (TPSA) is 140 Å². The standard InChI is InChI=1S/C69H75NO14/c1-48-60(75-41-51-28-14-5-15-29-51)63(76-42-52-30-16-6-17-31-52)65(78-44-54-34-20-8-21-35-54)67(81-48)84-62-59(47-73-39-49-24-10-3-11-25-49)82-68(66(79-45-55-36-22-9-23-37-55)64(62)77-43-53-32-18-7-19-33-53)83-61-56-46-80-70(69(71)72-2)57(56)38-58(61)74-40-50-26-12-4-13-27-50/h3-37,48,56-68H,38-47H2,1-2H3/t48-,56+,57+,58+,59-,60-,61-,62-,63+,64+,65-,66-,67+,68-/m1/s1. The summed E-state index contributed by atoms with van der Waals surface area (Å²) in [6.45, 7) is 3.90. The van der Waals surface area contributed by atoms with Crippen LogP contribution in [0.3, 0.4) is 0 Å². The van der Waals surface area contributed by atoms with Gasteiger partial charge in [-0.2, -0.15) is 5.06 Å². The molecule has 0 aromatic heterocycles. The number of carbonyl (C=O) groups is 1. The highest BCUT2D eigenvalue weighted by atomic mass is 16.8. The molecule has 0 bridgehead atoms. The molecule has 3 heterocycles. The maximum Gasteiger partial charge on any atom is 0.433 e. The molecule has 0 unspecified atom stereocenters. The van der Waals surface area contributed by atoms with E-state index in [1.165, 1.54) is 12.2 Å². The van der Waals surface area contributed by atoms with E-state index in [9.17, 15) is 4.79 Å². The fourth-order valence-corrected chi connectivity index (χ4v) is 11.5. The minimum absolute atomic E-state index is 0.0362. The molecule has 4 fully saturated rings. The molecule has 7 aromatic rings. The molecule has 14 atom stereocenters. The maximum atomic E-state index is 13.3. The molecule has 0 spiro atoms. The van der Waals surface area contributed by atoms with Crippen molar-refractivity contribution >= 4 is 6.09 Å². The second kappa shape index (κ2) is 29.9. The average Bonchev–Trinajstić information content (AvgIpc) is 3.95. The SMILES string of the molecule is COC(=O)N1OC[C@@H]2[C@@H](O[C@H]3O[C@H](COCc4ccccc4)[C@@H](O[C@@H]4O[C@H](C)[C@@H](OCc5ccccc5)[C@H](OCc5ccccc5)[C@H]4OCc4ccccc4)[C@H](OCc4ccccc4)[C@H]3OCc3ccccc3)[C@@H](OCc3ccccc3)C[C@@H]21. The highest BCUT2D eigenvalue weighted by Gasteiger charge is 2.58. The second-order valence-electron chi connectivity index (χ2n) is 21.7. The summed E-state index contributed by atoms with van der Waals surface area (Å²) in [6, 6.07) is 69.6. The first-order chi connectivity index (χ1) is 41.4. The van der Waals surface area contributed by atoms with Crippen molar-refractivity contribution in [3.05, 3.63) is 251 Å². The van der Waals surface area contributed by atoms with Gasteiger partial charge in [0.15, 0.2) is 12.6 Å². The molecule has 0 N–H and O–H groups in total. The van der Waals surface area contributed by atoms with Crippen LogP contribution in [0.2, 0.25) is 0 Å². The van der Waals surface area contributed by atoms with E-state index in [0.717, 1.165) is 38.9 Å². The van der Waals surface area contributed by atoms with Gasteiger partial charge in [-0.15, -0.1) is 0 Å². The van der Waals surface area contributed by atoms with E-state index >= 15 is 0 Å². The van der Waals surface area contributed by atoms with E-state index in [-0.39, 0.29) is 52.2 Å². The number of ether oxygens (including phenoxy) is 12. The zero-order valence-corrected chi connectivity index (χ0v) is 47.5. The van der Waals surface area contributed by atoms with Crippen molar-refractivity contribution < 1.29 is 66.5 Å². The zero-order valence-electron chi connectivity index (χ0n) is 47.5. The van der Waals surface area contributed by atoms with Crippen molar-refractivity contribution in [3.63, 3.8) is 0 Å². The van der Waals surface area contributed by atoms with Crippen LogP contribution in [0.25, 0.3) is 0 Å². The first kappa shape index (κ1) is 59.1. The van der Waals surface area contributed by atoms with Gasteiger partial charge in [0, 0.05) is 5.92 Å². The molecular formula is C69H75NO14. The van der Waals surface area contributed by atoms with Crippen LogP contribution < -0.4 is 0 Å². The predicted molar refractivity (Wildman–Crippen MR) is 311 cm³/mol. The summed E-state index contributed by atoms with van der Waals surface area (Å²) < 4.78 is 83.7. The van der Waals surface area contributed by atoms with Gasteiger partial charge < -0.3 is 56.8 Å². The van der Waals surface area contributed by atoms with Gasteiger partial charge in [-0.05, 0) is 52.3 Å². The Kier molecular flexibility index (Phi) is 21.0. The molecule has 440 valence electrons. The molecule has 15 nitrogen and oxygen atoms in total. The first-order valence-corrected chi connectivity index (χ1v) is 29.1. The van der Waals surface area contributed by atoms with Crippen LogP contribution >= 0.6 is 0 Å². The normalized spacial score (nSPS) is 27.5. The Morgan fingerprint density at radius 2 is 0.786 bits per heavy atom. The van der Waals surface area contributed by atoms with E-state index in [0.29, 0.717) is 19.6 Å². The summed E-state index contributed by atoms with van der Waals surface area (Å²) in [5, 5.41) is 1.31. The van der Waals surface area contributed by atoms with Crippen molar-refractivity contribution in [3.8, 4) is 0 Å². The van der Waals surface area contributed by atoms with Crippen LogP contribution in [-0.2, 0) is 108 Å². The van der Waals surface area contributed by atoms with Gasteiger partial charge in [0.1, 0.15) is 42.7 Å². The van der Waals surface area contributed by atoms with Gasteiger partial charge in [-0.1, -0.05) is 212 Å². The fourth-order valence-electron chi connectivity index (χ4n) is 11.5. The highest BCUT2D eigenvalue weighted by Crippen LogP contribution is 2.43. The summed E-state index contributed by atoms with van der Waals surface area (Å²) in [5.74, 6) is -0.335. The number of rotatable bonds is 26. The van der Waals surface area contributed by atoms with E-state index < -0.39 is 85.8 Å². The molecule has 4 aliphatic rings. The molecule has 1 aliphatic carbocycles. The first-order valence-electron chi connectivity index (χ1n) is 29.1. The summed E-state index contributed by atoms with van der Waals surface area (Å²) in [7, 11) is 1.34. The number of fused-ring (bicyclic) bond motifs is 1. The number of carbonyl (C=O) groups excluding carboxylic acids is 1. The molecule has 3 aliphatic heterocycles. The lowest BCUT2D eigenvalue weighted by Gasteiger charge is -2.50. The predicted octanol–water partition coefficient (Wildman–Crippen LogP) is 11.4. The number of nitrogens with zero attached hydrogens (tertiary/aromatic N) is 1. The maximum absolute atomic E-state index is 13.3. The molecule has 7 aromatic carbocycles. The third kappa shape index (κ3) is 15.4. The molecular weight excluding hydrogens is 1070 g/mol. The van der Waals surface area contributed by atoms with Gasteiger partial charge >= 0.3 is 6.09 Å². The Hall–Kier alpha value is -6.67. The third-order valence-electron chi connectivity index (χ3n) is 15.8. The summed E-state index contributed by atoms with van der Waals surface area (Å²) in [6.07, 6.45) is -10.1. The Balaban J connectivity index is 0.984. The van der Waals surface area contributed by atoms with E-state index in [4.69, 9.17) is 61.7 Å². The minimum atomic E-state index is -1.12. The number of hydrogen-bond donors (Lipinski definition) is 0. The van der Waals surface area contributed by atoms with E-state index in [1.54, 1.807) is 0 Å². The number of amides is 1. The van der Waals surface area contributed by atoms with E-state index in [2.05, 4.69) is 0 Å². The van der Waals surface area contributed by atoms with Crippen LogP contribution in [0, 0.1) is 5.92 Å². The largest absolute Gasteiger partial charge is 0.451 e. The average molecular weight is 1140 g/mol. The molecule has 15 heteroatoms. The third-order valence-corrected chi connectivity index (χ3v) is 15.8. The Labute approximate surface area is 492 Å². The quantitative estimate of drug-likeness (QED) is 0.0508. The lowest BCUT2D eigenvalue weighted by Crippen LogP contribution is -2.66. The zero-order chi connectivity index (χ0) is 57.3. The van der Waals surface area contributed by atoms with Crippen molar-refractivity contribution in [2.75, 3.05) is 20.3 Å². The van der Waals surface area contributed by atoms with Gasteiger partial charge in [0.2, 0.25) is 0 Å². The van der Waals surface area contributed by atoms with Crippen LogP contribution in [0.1, 0.15) is 52.3 Å². The Morgan fingerprint density at radius 1 is 0.429 bits per heavy atom. The van der Waals surface area contributed by atoms with Crippen LogP contribution in [0.5, 0.6) is 0 Å². The van der Waals surface area contributed by atoms with Crippen LogP contribution in [-0.4, -0.2) is 111 Å².